The fourth-order valence-corrected chi connectivity index (χ4v) is 3.76. The Morgan fingerprint density at radius 2 is 2.29 bits per heavy atom. The number of hydrogen-bond donors (Lipinski definition) is 1. The van der Waals surface area contributed by atoms with E-state index in [2.05, 4.69) is 15.0 Å². The molecule has 0 radical (unpaired) electrons. The molecule has 6 heteroatoms. The second-order valence-electron chi connectivity index (χ2n) is 6.21. The summed E-state index contributed by atoms with van der Waals surface area (Å²) in [7, 11) is 0. The predicted octanol–water partition coefficient (Wildman–Crippen LogP) is 1.89. The quantitative estimate of drug-likeness (QED) is 0.928. The van der Waals surface area contributed by atoms with Crippen LogP contribution in [0.1, 0.15) is 25.1 Å². The molecule has 0 aromatic carbocycles. The molecule has 2 fully saturated rings. The molecule has 4 rings (SSSR count). The van der Waals surface area contributed by atoms with Crippen LogP contribution in [0.3, 0.4) is 0 Å². The first kappa shape index (κ1) is 13.0. The lowest BCUT2D eigenvalue weighted by Crippen LogP contribution is -2.38. The third-order valence-corrected chi connectivity index (χ3v) is 4.79. The smallest absolute Gasteiger partial charge is 0.293 e. The van der Waals surface area contributed by atoms with Gasteiger partial charge in [0.05, 0.1) is 12.8 Å². The van der Waals surface area contributed by atoms with Gasteiger partial charge in [0.2, 0.25) is 0 Å². The number of nitrogens with two attached hydrogens (primary N) is 1. The molecule has 2 aromatic rings. The minimum absolute atomic E-state index is 0.359. The first-order chi connectivity index (χ1) is 10.3. The van der Waals surface area contributed by atoms with Crippen LogP contribution in [0.15, 0.2) is 27.3 Å². The Labute approximate surface area is 123 Å². The average molecular weight is 288 g/mol. The summed E-state index contributed by atoms with van der Waals surface area (Å²) in [6.07, 6.45) is 5.34. The maximum Gasteiger partial charge on any atom is 0.293 e. The Balaban J connectivity index is 1.43. The number of fused-ring (bicyclic) bond motifs is 1. The summed E-state index contributed by atoms with van der Waals surface area (Å²) < 4.78 is 10.5. The van der Waals surface area contributed by atoms with Gasteiger partial charge in [-0.05, 0) is 36.8 Å². The molecule has 1 saturated heterocycles. The predicted molar refractivity (Wildman–Crippen MR) is 76.1 cm³/mol. The van der Waals surface area contributed by atoms with Crippen LogP contribution in [-0.4, -0.2) is 34.2 Å². The number of aromatic nitrogens is 2. The summed E-state index contributed by atoms with van der Waals surface area (Å²) in [6, 6.07) is 3.99. The van der Waals surface area contributed by atoms with Crippen LogP contribution in [0.4, 0.5) is 0 Å². The minimum Gasteiger partial charge on any atom is -0.459 e. The van der Waals surface area contributed by atoms with Gasteiger partial charge in [0.1, 0.15) is 0 Å². The number of rotatable bonds is 3. The molecular formula is C15H20N4O2. The van der Waals surface area contributed by atoms with Crippen LogP contribution in [0.2, 0.25) is 0 Å². The molecule has 112 valence electrons. The molecule has 2 aromatic heterocycles. The fourth-order valence-electron chi connectivity index (χ4n) is 3.76. The third-order valence-electron chi connectivity index (χ3n) is 4.79. The van der Waals surface area contributed by atoms with Crippen LogP contribution in [-0.2, 0) is 6.54 Å². The van der Waals surface area contributed by atoms with E-state index in [1.807, 2.05) is 12.1 Å². The van der Waals surface area contributed by atoms with Crippen molar-refractivity contribution in [1.29, 1.82) is 0 Å². The molecule has 2 aliphatic rings. The number of furan rings is 1. The third kappa shape index (κ3) is 2.49. The fraction of sp³-hybridized carbons (Fsp3) is 0.600. The van der Waals surface area contributed by atoms with Crippen molar-refractivity contribution in [3.8, 4) is 11.7 Å². The van der Waals surface area contributed by atoms with Gasteiger partial charge in [0.15, 0.2) is 11.6 Å². The zero-order valence-electron chi connectivity index (χ0n) is 11.9. The van der Waals surface area contributed by atoms with Crippen LogP contribution < -0.4 is 5.73 Å². The van der Waals surface area contributed by atoms with Gasteiger partial charge >= 0.3 is 0 Å². The van der Waals surface area contributed by atoms with Crippen molar-refractivity contribution in [3.05, 3.63) is 24.2 Å². The van der Waals surface area contributed by atoms with Crippen molar-refractivity contribution in [2.45, 2.75) is 31.8 Å². The monoisotopic (exact) mass is 288 g/mol. The van der Waals surface area contributed by atoms with E-state index < -0.39 is 0 Å². The highest BCUT2D eigenvalue weighted by atomic mass is 16.5. The molecule has 1 aliphatic heterocycles. The lowest BCUT2D eigenvalue weighted by molar-refractivity contribution is 0.259. The summed E-state index contributed by atoms with van der Waals surface area (Å²) in [5.41, 5.74) is 6.25. The zero-order valence-corrected chi connectivity index (χ0v) is 11.9. The SMILES string of the molecule is NC1CCCC2CN(Cc3noc(-c4ccco4)n3)CC12. The number of nitrogens with zero attached hydrogens (tertiary/aromatic N) is 3. The van der Waals surface area contributed by atoms with E-state index in [1.54, 1.807) is 6.26 Å². The van der Waals surface area contributed by atoms with E-state index >= 15 is 0 Å². The Bertz CT molecular complexity index is 595. The van der Waals surface area contributed by atoms with Gasteiger partial charge in [-0.1, -0.05) is 11.6 Å². The van der Waals surface area contributed by atoms with Gasteiger partial charge in [0.25, 0.3) is 5.89 Å². The Kier molecular flexibility index (Phi) is 3.27. The number of hydrogen-bond acceptors (Lipinski definition) is 6. The average Bonchev–Trinajstić information content (AvgIpc) is 3.18. The lowest BCUT2D eigenvalue weighted by Gasteiger charge is -2.29. The molecule has 3 unspecified atom stereocenters. The summed E-state index contributed by atoms with van der Waals surface area (Å²) in [4.78, 5) is 6.81. The molecular weight excluding hydrogens is 268 g/mol. The van der Waals surface area contributed by atoms with Crippen LogP contribution in [0.5, 0.6) is 0 Å². The van der Waals surface area contributed by atoms with Gasteiger partial charge in [-0.15, -0.1) is 0 Å². The second-order valence-corrected chi connectivity index (χ2v) is 6.21. The van der Waals surface area contributed by atoms with E-state index in [-0.39, 0.29) is 0 Å². The molecule has 0 spiro atoms. The molecule has 1 saturated carbocycles. The Morgan fingerprint density at radius 1 is 1.33 bits per heavy atom. The van der Waals surface area contributed by atoms with E-state index in [1.165, 1.54) is 19.3 Å². The minimum atomic E-state index is 0.359. The van der Waals surface area contributed by atoms with Gasteiger partial charge < -0.3 is 14.7 Å². The van der Waals surface area contributed by atoms with Crippen LogP contribution in [0.25, 0.3) is 11.7 Å². The van der Waals surface area contributed by atoms with Gasteiger partial charge in [-0.3, -0.25) is 4.90 Å². The molecule has 3 atom stereocenters. The van der Waals surface area contributed by atoms with Gasteiger partial charge in [-0.25, -0.2) is 0 Å². The second kappa shape index (κ2) is 5.27. The molecule has 3 heterocycles. The van der Waals surface area contributed by atoms with Crippen molar-refractivity contribution in [2.75, 3.05) is 13.1 Å². The first-order valence-electron chi connectivity index (χ1n) is 7.64. The van der Waals surface area contributed by atoms with E-state index in [9.17, 15) is 0 Å². The Morgan fingerprint density at radius 3 is 3.10 bits per heavy atom. The molecule has 0 amide bonds. The molecule has 21 heavy (non-hydrogen) atoms. The van der Waals surface area contributed by atoms with E-state index in [0.29, 0.717) is 29.4 Å². The lowest BCUT2D eigenvalue weighted by atomic mass is 9.78. The standard InChI is InChI=1S/C15H20N4O2/c16-12-4-1-3-10-7-19(8-11(10)12)9-14-17-15(21-18-14)13-5-2-6-20-13/h2,5-6,10-12H,1,3-4,7-9,16H2. The largest absolute Gasteiger partial charge is 0.459 e. The summed E-state index contributed by atoms with van der Waals surface area (Å²) in [5, 5.41) is 4.05. The van der Waals surface area contributed by atoms with Gasteiger partial charge in [-0.2, -0.15) is 4.98 Å². The molecule has 2 N–H and O–H groups in total. The molecule has 6 nitrogen and oxygen atoms in total. The highest BCUT2D eigenvalue weighted by molar-refractivity contribution is 5.42. The van der Waals surface area contributed by atoms with Crippen molar-refractivity contribution >= 4 is 0 Å². The van der Waals surface area contributed by atoms with Crippen LogP contribution >= 0.6 is 0 Å². The summed E-state index contributed by atoms with van der Waals surface area (Å²) in [6.45, 7) is 2.88. The van der Waals surface area contributed by atoms with Crippen molar-refractivity contribution in [3.63, 3.8) is 0 Å². The van der Waals surface area contributed by atoms with E-state index in [4.69, 9.17) is 14.7 Å². The maximum absolute atomic E-state index is 6.25. The van der Waals surface area contributed by atoms with Crippen molar-refractivity contribution < 1.29 is 8.94 Å². The molecule has 0 bridgehead atoms. The summed E-state index contributed by atoms with van der Waals surface area (Å²) in [5.74, 6) is 3.16. The first-order valence-corrected chi connectivity index (χ1v) is 7.64. The topological polar surface area (TPSA) is 81.3 Å². The highest BCUT2D eigenvalue weighted by Gasteiger charge is 2.38. The normalized spacial score (nSPS) is 29.7. The highest BCUT2D eigenvalue weighted by Crippen LogP contribution is 2.35. The maximum atomic E-state index is 6.25. The number of likely N-dealkylation sites (tertiary alicyclic amines) is 1. The summed E-state index contributed by atoms with van der Waals surface area (Å²) >= 11 is 0. The molecule has 1 aliphatic carbocycles. The van der Waals surface area contributed by atoms with E-state index in [0.717, 1.165) is 25.6 Å². The van der Waals surface area contributed by atoms with Gasteiger partial charge in [0, 0.05) is 19.1 Å². The Hall–Kier alpha value is -1.66. The van der Waals surface area contributed by atoms with Crippen molar-refractivity contribution in [2.24, 2.45) is 17.6 Å². The van der Waals surface area contributed by atoms with Crippen LogP contribution in [0, 0.1) is 11.8 Å². The van der Waals surface area contributed by atoms with Crippen molar-refractivity contribution in [1.82, 2.24) is 15.0 Å². The zero-order chi connectivity index (χ0) is 14.2.